The summed E-state index contributed by atoms with van der Waals surface area (Å²) < 4.78 is 0. The molecule has 0 aromatic heterocycles. The van der Waals surface area contributed by atoms with E-state index in [9.17, 15) is 4.79 Å². The van der Waals surface area contributed by atoms with Crippen molar-refractivity contribution in [2.45, 2.75) is 20.0 Å². The second kappa shape index (κ2) is 8.77. The number of hydrazone groups is 1. The van der Waals surface area contributed by atoms with Gasteiger partial charge in [-0.3, -0.25) is 9.80 Å². The van der Waals surface area contributed by atoms with Crippen molar-refractivity contribution in [3.63, 3.8) is 0 Å². The Morgan fingerprint density at radius 1 is 0.731 bits per heavy atom. The summed E-state index contributed by atoms with van der Waals surface area (Å²) in [5.74, 6) is -0.0395. The molecule has 0 radical (unpaired) electrons. The van der Waals surface area contributed by atoms with Crippen molar-refractivity contribution in [2.75, 3.05) is 0 Å². The third-order valence-electron chi connectivity index (χ3n) is 4.04. The van der Waals surface area contributed by atoms with Crippen LogP contribution in [0.4, 0.5) is 0 Å². The molecule has 0 aliphatic heterocycles. The Labute approximate surface area is 154 Å². The van der Waals surface area contributed by atoms with E-state index in [0.29, 0.717) is 18.8 Å². The second-order valence-corrected chi connectivity index (χ2v) is 6.16. The van der Waals surface area contributed by atoms with Crippen LogP contribution in [-0.4, -0.2) is 16.5 Å². The van der Waals surface area contributed by atoms with E-state index in [-0.39, 0.29) is 5.78 Å². The van der Waals surface area contributed by atoms with Crippen LogP contribution in [0, 0.1) is 0 Å². The van der Waals surface area contributed by atoms with Gasteiger partial charge in [0.1, 0.15) is 5.71 Å². The lowest BCUT2D eigenvalue weighted by atomic mass is 10.1. The molecular formula is C23H22N2O. The molecule has 0 N–H and O–H groups in total. The van der Waals surface area contributed by atoms with Gasteiger partial charge in [-0.05, 0) is 11.1 Å². The molecule has 0 aliphatic carbocycles. The first-order chi connectivity index (χ1) is 12.7. The summed E-state index contributed by atoms with van der Waals surface area (Å²) in [5, 5.41) is 6.69. The fraction of sp³-hybridized carbons (Fsp3) is 0.130. The zero-order valence-corrected chi connectivity index (χ0v) is 14.9. The van der Waals surface area contributed by atoms with Gasteiger partial charge < -0.3 is 0 Å². The van der Waals surface area contributed by atoms with Gasteiger partial charge in [-0.15, -0.1) is 0 Å². The number of rotatable bonds is 7. The molecule has 3 nitrogen and oxygen atoms in total. The van der Waals surface area contributed by atoms with Gasteiger partial charge in [-0.1, -0.05) is 91.0 Å². The van der Waals surface area contributed by atoms with E-state index in [0.717, 1.165) is 16.7 Å². The third kappa shape index (κ3) is 4.90. The molecule has 0 bridgehead atoms. The van der Waals surface area contributed by atoms with Crippen LogP contribution in [0.3, 0.4) is 0 Å². The van der Waals surface area contributed by atoms with Crippen molar-refractivity contribution in [2.24, 2.45) is 5.10 Å². The van der Waals surface area contributed by atoms with Crippen molar-refractivity contribution < 1.29 is 4.79 Å². The van der Waals surface area contributed by atoms with Gasteiger partial charge in [0.05, 0.1) is 13.1 Å². The van der Waals surface area contributed by atoms with Crippen LogP contribution in [0.2, 0.25) is 0 Å². The van der Waals surface area contributed by atoms with Gasteiger partial charge in [0.15, 0.2) is 5.78 Å². The second-order valence-electron chi connectivity index (χ2n) is 6.16. The Balaban J connectivity index is 1.93. The minimum absolute atomic E-state index is 0.0395. The highest BCUT2D eigenvalue weighted by molar-refractivity contribution is 6.45. The first-order valence-electron chi connectivity index (χ1n) is 8.70. The maximum Gasteiger partial charge on any atom is 0.180 e. The highest BCUT2D eigenvalue weighted by atomic mass is 16.1. The standard InChI is InChI=1S/C23H22N2O/c1-19(26)23(22-15-9-4-10-16-22)24-25(17-20-11-5-2-6-12-20)18-21-13-7-3-8-14-21/h2-16H,17-18H2,1H3/b24-23+. The minimum atomic E-state index is -0.0395. The quantitative estimate of drug-likeness (QED) is 0.461. The van der Waals surface area contributed by atoms with E-state index in [1.165, 1.54) is 0 Å². The Morgan fingerprint density at radius 2 is 1.15 bits per heavy atom. The van der Waals surface area contributed by atoms with E-state index in [1.54, 1.807) is 6.92 Å². The summed E-state index contributed by atoms with van der Waals surface area (Å²) in [6, 6.07) is 30.0. The fourth-order valence-corrected chi connectivity index (χ4v) is 2.78. The van der Waals surface area contributed by atoms with Gasteiger partial charge in [-0.2, -0.15) is 5.10 Å². The molecule has 3 heteroatoms. The number of ketones is 1. The average Bonchev–Trinajstić information content (AvgIpc) is 2.68. The minimum Gasteiger partial charge on any atom is -0.293 e. The van der Waals surface area contributed by atoms with Gasteiger partial charge in [-0.25, -0.2) is 0 Å². The Morgan fingerprint density at radius 3 is 1.58 bits per heavy atom. The Hall–Kier alpha value is -3.20. The van der Waals surface area contributed by atoms with E-state index in [4.69, 9.17) is 5.10 Å². The fourth-order valence-electron chi connectivity index (χ4n) is 2.78. The third-order valence-corrected chi connectivity index (χ3v) is 4.04. The van der Waals surface area contributed by atoms with Crippen LogP contribution in [0.1, 0.15) is 23.6 Å². The maximum absolute atomic E-state index is 12.2. The molecule has 0 saturated carbocycles. The van der Waals surface area contributed by atoms with E-state index in [1.807, 2.05) is 71.7 Å². The number of Topliss-reactive ketones (excluding diaryl/α,β-unsaturated/α-hetero) is 1. The first-order valence-corrected chi connectivity index (χ1v) is 8.70. The zero-order valence-electron chi connectivity index (χ0n) is 14.9. The molecule has 0 amide bonds. The summed E-state index contributed by atoms with van der Waals surface area (Å²) in [5.41, 5.74) is 3.63. The smallest absolute Gasteiger partial charge is 0.180 e. The van der Waals surface area contributed by atoms with Crippen LogP contribution in [0.25, 0.3) is 0 Å². The number of nitrogens with zero attached hydrogens (tertiary/aromatic N) is 2. The predicted octanol–water partition coefficient (Wildman–Crippen LogP) is 4.68. The van der Waals surface area contributed by atoms with Crippen molar-refractivity contribution >= 4 is 11.5 Å². The number of hydrogen-bond acceptors (Lipinski definition) is 3. The topological polar surface area (TPSA) is 32.7 Å². The SMILES string of the molecule is CC(=O)/C(=N\N(Cc1ccccc1)Cc1ccccc1)c1ccccc1. The van der Waals surface area contributed by atoms with Gasteiger partial charge in [0, 0.05) is 12.5 Å². The van der Waals surface area contributed by atoms with Crippen LogP contribution >= 0.6 is 0 Å². The molecule has 0 aliphatic rings. The lowest BCUT2D eigenvalue weighted by Gasteiger charge is -2.21. The summed E-state index contributed by atoms with van der Waals surface area (Å²) in [4.78, 5) is 12.2. The summed E-state index contributed by atoms with van der Waals surface area (Å²) >= 11 is 0. The van der Waals surface area contributed by atoms with Crippen molar-refractivity contribution in [3.05, 3.63) is 108 Å². The molecule has 0 unspecified atom stereocenters. The molecule has 0 spiro atoms. The first kappa shape index (κ1) is 17.6. The van der Waals surface area contributed by atoms with E-state index >= 15 is 0 Å². The van der Waals surface area contributed by atoms with Crippen LogP contribution < -0.4 is 0 Å². The number of carbonyl (C=O) groups excluding carboxylic acids is 1. The van der Waals surface area contributed by atoms with Crippen molar-refractivity contribution in [3.8, 4) is 0 Å². The van der Waals surface area contributed by atoms with E-state index in [2.05, 4.69) is 24.3 Å². The van der Waals surface area contributed by atoms with Crippen LogP contribution in [0.5, 0.6) is 0 Å². The monoisotopic (exact) mass is 342 g/mol. The number of carbonyl (C=O) groups is 1. The number of benzene rings is 3. The molecule has 0 atom stereocenters. The molecule has 130 valence electrons. The zero-order chi connectivity index (χ0) is 18.2. The Bertz CT molecular complexity index is 817. The summed E-state index contributed by atoms with van der Waals surface area (Å²) in [6.07, 6.45) is 0. The summed E-state index contributed by atoms with van der Waals surface area (Å²) in [7, 11) is 0. The summed E-state index contributed by atoms with van der Waals surface area (Å²) in [6.45, 7) is 2.84. The maximum atomic E-state index is 12.2. The van der Waals surface area contributed by atoms with Crippen LogP contribution in [-0.2, 0) is 17.9 Å². The molecule has 3 aromatic carbocycles. The molecule has 0 fully saturated rings. The highest BCUT2D eigenvalue weighted by Crippen LogP contribution is 2.13. The average molecular weight is 342 g/mol. The molecule has 3 aromatic rings. The molecule has 26 heavy (non-hydrogen) atoms. The van der Waals surface area contributed by atoms with Crippen LogP contribution in [0.15, 0.2) is 96.1 Å². The number of hydrogen-bond donors (Lipinski definition) is 0. The Kier molecular flexibility index (Phi) is 5.94. The van der Waals surface area contributed by atoms with Gasteiger partial charge in [0.2, 0.25) is 0 Å². The van der Waals surface area contributed by atoms with E-state index < -0.39 is 0 Å². The van der Waals surface area contributed by atoms with Crippen molar-refractivity contribution in [1.82, 2.24) is 5.01 Å². The predicted molar refractivity (Wildman–Crippen MR) is 106 cm³/mol. The lowest BCUT2D eigenvalue weighted by Crippen LogP contribution is -2.22. The van der Waals surface area contributed by atoms with Gasteiger partial charge in [0.25, 0.3) is 0 Å². The molecular weight excluding hydrogens is 320 g/mol. The molecule has 0 heterocycles. The normalized spacial score (nSPS) is 11.2. The largest absolute Gasteiger partial charge is 0.293 e. The van der Waals surface area contributed by atoms with Crippen molar-refractivity contribution in [1.29, 1.82) is 0 Å². The molecule has 0 saturated heterocycles. The highest BCUT2D eigenvalue weighted by Gasteiger charge is 2.13. The lowest BCUT2D eigenvalue weighted by molar-refractivity contribution is -0.111. The molecule has 3 rings (SSSR count). The van der Waals surface area contributed by atoms with Gasteiger partial charge >= 0.3 is 0 Å².